The molecule has 1 unspecified atom stereocenters. The number of carboxylic acid groups (broad SMARTS) is 1. The van der Waals surface area contributed by atoms with Crippen molar-refractivity contribution in [1.82, 2.24) is 9.88 Å². The van der Waals surface area contributed by atoms with Gasteiger partial charge >= 0.3 is 5.97 Å². The van der Waals surface area contributed by atoms with E-state index in [0.29, 0.717) is 17.9 Å². The van der Waals surface area contributed by atoms with Crippen molar-refractivity contribution in [3.05, 3.63) is 54.4 Å². The molecule has 1 fully saturated rings. The summed E-state index contributed by atoms with van der Waals surface area (Å²) in [5.74, 6) is -0.543. The number of rotatable bonds is 7. The molecule has 0 radical (unpaired) electrons. The third-order valence-electron chi connectivity index (χ3n) is 4.60. The van der Waals surface area contributed by atoms with Gasteiger partial charge in [0.1, 0.15) is 5.75 Å². The number of carbonyl (C=O) groups excluding carboxylic acids is 1. The van der Waals surface area contributed by atoms with Gasteiger partial charge in [0.2, 0.25) is 0 Å². The number of piperazine rings is 1. The number of anilines is 1. The van der Waals surface area contributed by atoms with Gasteiger partial charge in [-0.3, -0.25) is 14.7 Å². The molecule has 2 heterocycles. The molecule has 0 saturated carbocycles. The maximum absolute atomic E-state index is 12.5. The number of aromatic nitrogens is 1. The average molecular weight is 369 g/mol. The zero-order valence-electron chi connectivity index (χ0n) is 15.2. The summed E-state index contributed by atoms with van der Waals surface area (Å²) in [4.78, 5) is 31.8. The van der Waals surface area contributed by atoms with Crippen molar-refractivity contribution in [1.29, 1.82) is 0 Å². The number of ether oxygens (including phenoxy) is 1. The molecule has 142 valence electrons. The molecule has 1 aromatic heterocycles. The molecule has 0 amide bonds. The second-order valence-corrected chi connectivity index (χ2v) is 6.51. The van der Waals surface area contributed by atoms with Crippen LogP contribution in [-0.4, -0.2) is 65.6 Å². The van der Waals surface area contributed by atoms with E-state index in [1.54, 1.807) is 36.7 Å². The third-order valence-corrected chi connectivity index (χ3v) is 4.60. The topological polar surface area (TPSA) is 83.0 Å². The van der Waals surface area contributed by atoms with Crippen molar-refractivity contribution in [2.24, 2.45) is 0 Å². The van der Waals surface area contributed by atoms with E-state index < -0.39 is 12.1 Å². The summed E-state index contributed by atoms with van der Waals surface area (Å²) in [5.41, 5.74) is 1.75. The summed E-state index contributed by atoms with van der Waals surface area (Å²) >= 11 is 0. The number of hydrogen-bond donors (Lipinski definition) is 1. The number of benzene rings is 1. The monoisotopic (exact) mass is 369 g/mol. The second kappa shape index (κ2) is 8.64. The van der Waals surface area contributed by atoms with Crippen LogP contribution >= 0.6 is 0 Å². The summed E-state index contributed by atoms with van der Waals surface area (Å²) in [6.07, 6.45) is 2.65. The number of hydrogen-bond acceptors (Lipinski definition) is 6. The van der Waals surface area contributed by atoms with Crippen LogP contribution in [0.5, 0.6) is 5.75 Å². The maximum Gasteiger partial charge on any atom is 0.344 e. The quantitative estimate of drug-likeness (QED) is 0.747. The van der Waals surface area contributed by atoms with Crippen LogP contribution in [0, 0.1) is 0 Å². The molecule has 27 heavy (non-hydrogen) atoms. The standard InChI is InChI=1S/C20H23N3O4/c1-15(20(25)26)27-18-4-2-16(3-5-18)19(24)14-22-10-12-23(13-11-22)17-6-8-21-9-7-17/h2-9,15H,10-14H2,1H3,(H,25,26). The molecule has 1 atom stereocenters. The minimum absolute atomic E-state index is 0.0465. The molecule has 0 aliphatic carbocycles. The first kappa shape index (κ1) is 18.8. The predicted molar refractivity (Wildman–Crippen MR) is 101 cm³/mol. The van der Waals surface area contributed by atoms with Gasteiger partial charge in [-0.15, -0.1) is 0 Å². The Morgan fingerprint density at radius 1 is 1.07 bits per heavy atom. The molecule has 1 aliphatic rings. The van der Waals surface area contributed by atoms with E-state index in [0.717, 1.165) is 31.9 Å². The first-order valence-corrected chi connectivity index (χ1v) is 8.93. The molecule has 0 bridgehead atoms. The Hall–Kier alpha value is -2.93. The van der Waals surface area contributed by atoms with E-state index >= 15 is 0 Å². The Morgan fingerprint density at radius 2 is 1.70 bits per heavy atom. The van der Waals surface area contributed by atoms with Crippen LogP contribution in [0.3, 0.4) is 0 Å². The fraction of sp³-hybridized carbons (Fsp3) is 0.350. The van der Waals surface area contributed by atoms with Crippen molar-refractivity contribution in [2.75, 3.05) is 37.6 Å². The first-order chi connectivity index (χ1) is 13.0. The van der Waals surface area contributed by atoms with Crippen LogP contribution < -0.4 is 9.64 Å². The molecule has 7 nitrogen and oxygen atoms in total. The van der Waals surface area contributed by atoms with Gasteiger partial charge in [0.25, 0.3) is 0 Å². The molecule has 1 saturated heterocycles. The van der Waals surface area contributed by atoms with Crippen LogP contribution in [0.15, 0.2) is 48.8 Å². The molecule has 1 aliphatic heterocycles. The molecule has 3 rings (SSSR count). The van der Waals surface area contributed by atoms with E-state index in [-0.39, 0.29) is 5.78 Å². The number of ketones is 1. The van der Waals surface area contributed by atoms with Crippen LogP contribution in [0.25, 0.3) is 0 Å². The summed E-state index contributed by atoms with van der Waals surface area (Å²) in [6, 6.07) is 10.6. The fourth-order valence-electron chi connectivity index (χ4n) is 2.99. The van der Waals surface area contributed by atoms with Crippen LogP contribution in [-0.2, 0) is 4.79 Å². The Kier molecular flexibility index (Phi) is 6.03. The summed E-state index contributed by atoms with van der Waals surface area (Å²) in [5, 5.41) is 8.87. The Labute approximate surface area is 158 Å². The van der Waals surface area contributed by atoms with Gasteiger partial charge in [-0.1, -0.05) is 0 Å². The molecule has 7 heteroatoms. The van der Waals surface area contributed by atoms with E-state index in [9.17, 15) is 9.59 Å². The zero-order chi connectivity index (χ0) is 19.2. The third kappa shape index (κ3) is 5.04. The van der Waals surface area contributed by atoms with Gasteiger partial charge in [0.05, 0.1) is 6.54 Å². The largest absolute Gasteiger partial charge is 0.479 e. The Bertz CT molecular complexity index is 772. The lowest BCUT2D eigenvalue weighted by Gasteiger charge is -2.35. The van der Waals surface area contributed by atoms with Crippen molar-refractivity contribution in [2.45, 2.75) is 13.0 Å². The van der Waals surface area contributed by atoms with Crippen LogP contribution in [0.1, 0.15) is 17.3 Å². The lowest BCUT2D eigenvalue weighted by atomic mass is 10.1. The maximum atomic E-state index is 12.5. The van der Waals surface area contributed by atoms with Crippen molar-refractivity contribution >= 4 is 17.4 Å². The van der Waals surface area contributed by atoms with E-state index in [4.69, 9.17) is 9.84 Å². The normalized spacial score (nSPS) is 16.0. The smallest absolute Gasteiger partial charge is 0.344 e. The lowest BCUT2D eigenvalue weighted by molar-refractivity contribution is -0.144. The number of pyridine rings is 1. The molecule has 0 spiro atoms. The molecule has 1 aromatic carbocycles. The van der Waals surface area contributed by atoms with Gasteiger partial charge in [-0.2, -0.15) is 0 Å². The van der Waals surface area contributed by atoms with Crippen molar-refractivity contribution in [3.8, 4) is 5.75 Å². The highest BCUT2D eigenvalue weighted by molar-refractivity contribution is 5.97. The second-order valence-electron chi connectivity index (χ2n) is 6.51. The number of carboxylic acids is 1. The van der Waals surface area contributed by atoms with Crippen LogP contribution in [0.2, 0.25) is 0 Å². The van der Waals surface area contributed by atoms with Crippen molar-refractivity contribution in [3.63, 3.8) is 0 Å². The number of nitrogens with zero attached hydrogens (tertiary/aromatic N) is 3. The lowest BCUT2D eigenvalue weighted by Crippen LogP contribution is -2.48. The van der Waals surface area contributed by atoms with E-state index in [2.05, 4.69) is 14.8 Å². The highest BCUT2D eigenvalue weighted by atomic mass is 16.5. The van der Waals surface area contributed by atoms with Gasteiger partial charge < -0.3 is 14.7 Å². The Morgan fingerprint density at radius 3 is 2.30 bits per heavy atom. The fourth-order valence-corrected chi connectivity index (χ4v) is 2.99. The zero-order valence-corrected chi connectivity index (χ0v) is 15.2. The highest BCUT2D eigenvalue weighted by Crippen LogP contribution is 2.17. The van der Waals surface area contributed by atoms with Gasteiger partial charge in [-0.05, 0) is 43.3 Å². The van der Waals surface area contributed by atoms with E-state index in [1.165, 1.54) is 6.92 Å². The number of aliphatic carboxylic acids is 1. The van der Waals surface area contributed by atoms with Gasteiger partial charge in [0.15, 0.2) is 11.9 Å². The number of Topliss-reactive ketones (excluding diaryl/α,β-unsaturated/α-hetero) is 1. The summed E-state index contributed by atoms with van der Waals surface area (Å²) in [7, 11) is 0. The highest BCUT2D eigenvalue weighted by Gasteiger charge is 2.20. The van der Waals surface area contributed by atoms with Crippen LogP contribution in [0.4, 0.5) is 5.69 Å². The van der Waals surface area contributed by atoms with E-state index in [1.807, 2.05) is 12.1 Å². The Balaban J connectivity index is 1.50. The number of carbonyl (C=O) groups is 2. The van der Waals surface area contributed by atoms with Gasteiger partial charge in [-0.25, -0.2) is 4.79 Å². The minimum Gasteiger partial charge on any atom is -0.479 e. The SMILES string of the molecule is CC(Oc1ccc(C(=O)CN2CCN(c3ccncc3)CC2)cc1)C(=O)O. The average Bonchev–Trinajstić information content (AvgIpc) is 2.69. The molecule has 2 aromatic rings. The molecule has 1 N–H and O–H groups in total. The minimum atomic E-state index is -1.03. The summed E-state index contributed by atoms with van der Waals surface area (Å²) in [6.45, 7) is 5.23. The van der Waals surface area contributed by atoms with Crippen molar-refractivity contribution < 1.29 is 19.4 Å². The van der Waals surface area contributed by atoms with Gasteiger partial charge in [0, 0.05) is 49.8 Å². The molecular formula is C20H23N3O4. The molecular weight excluding hydrogens is 346 g/mol. The summed E-state index contributed by atoms with van der Waals surface area (Å²) < 4.78 is 5.28. The first-order valence-electron chi connectivity index (χ1n) is 8.93. The predicted octanol–water partition coefficient (Wildman–Crippen LogP) is 1.94.